The van der Waals surface area contributed by atoms with Crippen LogP contribution in [0.2, 0.25) is 0 Å². The van der Waals surface area contributed by atoms with Gasteiger partial charge in [0, 0.05) is 0 Å². The Morgan fingerprint density at radius 2 is 1.25 bits per heavy atom. The van der Waals surface area contributed by atoms with Gasteiger partial charge in [-0.3, -0.25) is 4.18 Å². The molecule has 0 bridgehead atoms. The summed E-state index contributed by atoms with van der Waals surface area (Å²) in [6.07, 6.45) is -15.3. The molecule has 0 aliphatic heterocycles. The molecule has 0 N–H and O–H groups in total. The summed E-state index contributed by atoms with van der Waals surface area (Å²) in [6, 6.07) is 0. The Hall–Kier alpha value is -0.310. The maximum atomic E-state index is 12.0. The minimum atomic E-state index is -5.64. The average Bonchev–Trinajstić information content (AvgIpc) is 1.92. The Labute approximate surface area is 90.6 Å². The van der Waals surface area contributed by atoms with Crippen LogP contribution >= 0.6 is 0 Å². The van der Waals surface area contributed by atoms with Crippen molar-refractivity contribution in [3.8, 4) is 0 Å². The Kier molecular flexibility index (Phi) is 4.43. The summed E-state index contributed by atoms with van der Waals surface area (Å²) in [5.74, 6) is 0. The first-order chi connectivity index (χ1) is 6.76. The highest BCUT2D eigenvalue weighted by molar-refractivity contribution is 7.81. The lowest BCUT2D eigenvalue weighted by Crippen LogP contribution is -2.46. The van der Waals surface area contributed by atoms with Gasteiger partial charge in [-0.1, -0.05) is 0 Å². The van der Waals surface area contributed by atoms with Gasteiger partial charge in [0.2, 0.25) is 0 Å². The first-order valence-corrected chi connectivity index (χ1v) is 5.06. The molecule has 0 heterocycles. The minimum Gasteiger partial charge on any atom is -0.267 e. The van der Waals surface area contributed by atoms with Crippen molar-refractivity contribution >= 4 is 11.1 Å². The number of halogens is 6. The molecule has 0 saturated heterocycles. The lowest BCUT2D eigenvalue weighted by atomic mass is 10.3. The normalized spacial score (nSPS) is 16.6. The third kappa shape index (κ3) is 4.69. The molecule has 0 aliphatic carbocycles. The Bertz CT molecular complexity index is 250. The topological polar surface area (TPSA) is 26.3 Å². The van der Waals surface area contributed by atoms with E-state index in [0.29, 0.717) is 0 Å². The van der Waals surface area contributed by atoms with Crippen molar-refractivity contribution in [1.29, 1.82) is 0 Å². The maximum absolute atomic E-state index is 12.0. The first-order valence-electron chi connectivity index (χ1n) is 3.98. The summed E-state index contributed by atoms with van der Waals surface area (Å²) in [6.45, 7) is 3.60. The van der Waals surface area contributed by atoms with Crippen molar-refractivity contribution in [2.75, 3.05) is 0 Å². The van der Waals surface area contributed by atoms with Crippen LogP contribution in [0.4, 0.5) is 26.3 Å². The summed E-state index contributed by atoms with van der Waals surface area (Å²) >= 11 is -2.70. The molecule has 0 aliphatic rings. The number of hydrogen-bond acceptors (Lipinski definition) is 2. The van der Waals surface area contributed by atoms with Crippen LogP contribution in [0.15, 0.2) is 0 Å². The molecule has 0 aromatic heterocycles. The third-order valence-electron chi connectivity index (χ3n) is 1.28. The highest BCUT2D eigenvalue weighted by Crippen LogP contribution is 2.37. The Morgan fingerprint density at radius 3 is 1.44 bits per heavy atom. The van der Waals surface area contributed by atoms with Crippen LogP contribution in [0.5, 0.6) is 0 Å². The van der Waals surface area contributed by atoms with Crippen LogP contribution < -0.4 is 0 Å². The molecule has 98 valence electrons. The van der Waals surface area contributed by atoms with E-state index in [4.69, 9.17) is 0 Å². The number of hydrogen-bond donors (Lipinski definition) is 0. The number of alkyl halides is 6. The van der Waals surface area contributed by atoms with Gasteiger partial charge in [0.05, 0.1) is 4.75 Å². The van der Waals surface area contributed by atoms with Crippen molar-refractivity contribution in [3.63, 3.8) is 0 Å². The Morgan fingerprint density at radius 1 is 0.938 bits per heavy atom. The fourth-order valence-electron chi connectivity index (χ4n) is 0.526. The van der Waals surface area contributed by atoms with E-state index < -0.39 is 34.3 Å². The van der Waals surface area contributed by atoms with E-state index in [9.17, 15) is 30.6 Å². The Balaban J connectivity index is 4.93. The molecule has 0 aromatic rings. The molecule has 2 nitrogen and oxygen atoms in total. The summed E-state index contributed by atoms with van der Waals surface area (Å²) in [4.78, 5) is 0. The highest BCUT2D eigenvalue weighted by Gasteiger charge is 2.59. The molecule has 0 spiro atoms. The van der Waals surface area contributed by atoms with Gasteiger partial charge in [-0.05, 0) is 20.8 Å². The minimum absolute atomic E-state index is 1.20. The number of rotatable bonds is 2. The predicted molar refractivity (Wildman–Crippen MR) is 44.9 cm³/mol. The van der Waals surface area contributed by atoms with Crippen LogP contribution in [0, 0.1) is 0 Å². The van der Waals surface area contributed by atoms with E-state index >= 15 is 0 Å². The second-order valence-corrected chi connectivity index (χ2v) is 5.79. The molecule has 0 amide bonds. The van der Waals surface area contributed by atoms with Gasteiger partial charge in [0.15, 0.2) is 11.1 Å². The van der Waals surface area contributed by atoms with Crippen LogP contribution in [-0.2, 0) is 15.3 Å². The zero-order chi connectivity index (χ0) is 13.4. The second-order valence-electron chi connectivity index (χ2n) is 3.91. The van der Waals surface area contributed by atoms with E-state index in [2.05, 4.69) is 4.18 Å². The SMILES string of the molecule is CC(C)(C)S(=O)OC(C(F)(F)F)C(F)(F)F. The summed E-state index contributed by atoms with van der Waals surface area (Å²) < 4.78 is 85.2. The van der Waals surface area contributed by atoms with E-state index in [1.165, 1.54) is 20.8 Å². The smallest absolute Gasteiger partial charge is 0.267 e. The van der Waals surface area contributed by atoms with Gasteiger partial charge in [-0.15, -0.1) is 0 Å². The fourth-order valence-corrected chi connectivity index (χ4v) is 1.21. The quantitative estimate of drug-likeness (QED) is 0.722. The molecule has 0 rings (SSSR count). The van der Waals surface area contributed by atoms with Gasteiger partial charge in [0.1, 0.15) is 0 Å². The van der Waals surface area contributed by atoms with Crippen molar-refractivity contribution in [1.82, 2.24) is 0 Å². The largest absolute Gasteiger partial charge is 0.424 e. The lowest BCUT2D eigenvalue weighted by Gasteiger charge is -2.25. The van der Waals surface area contributed by atoms with E-state index in [1.807, 2.05) is 0 Å². The van der Waals surface area contributed by atoms with Gasteiger partial charge in [-0.25, -0.2) is 4.21 Å². The van der Waals surface area contributed by atoms with Crippen molar-refractivity contribution in [3.05, 3.63) is 0 Å². The van der Waals surface area contributed by atoms with Gasteiger partial charge >= 0.3 is 12.4 Å². The molecule has 0 aromatic carbocycles. The molecule has 1 atom stereocenters. The van der Waals surface area contributed by atoms with E-state index in [1.54, 1.807) is 0 Å². The van der Waals surface area contributed by atoms with Crippen molar-refractivity contribution < 1.29 is 34.7 Å². The molecule has 0 fully saturated rings. The second kappa shape index (κ2) is 4.52. The summed E-state index contributed by atoms with van der Waals surface area (Å²) in [7, 11) is 0. The highest BCUT2D eigenvalue weighted by atomic mass is 32.2. The standard InChI is InChI=1S/C7H10F6O2S/c1-5(2,3)16(14)15-4(6(8,9)10)7(11,12)13/h4H,1-3H3. The summed E-state index contributed by atoms with van der Waals surface area (Å²) in [5.41, 5.74) is 0. The van der Waals surface area contributed by atoms with Crippen molar-refractivity contribution in [2.45, 2.75) is 44.0 Å². The molecule has 0 saturated carbocycles. The average molecular weight is 272 g/mol. The summed E-state index contributed by atoms with van der Waals surface area (Å²) in [5, 5.41) is 0. The molecule has 1 unspecified atom stereocenters. The zero-order valence-electron chi connectivity index (χ0n) is 8.57. The predicted octanol–water partition coefficient (Wildman–Crippen LogP) is 2.96. The molecular weight excluding hydrogens is 262 g/mol. The lowest BCUT2D eigenvalue weighted by molar-refractivity contribution is -0.298. The maximum Gasteiger partial charge on any atom is 0.424 e. The van der Waals surface area contributed by atoms with E-state index in [-0.39, 0.29) is 0 Å². The van der Waals surface area contributed by atoms with Gasteiger partial charge < -0.3 is 0 Å². The molecule has 0 radical (unpaired) electrons. The first kappa shape index (κ1) is 15.7. The third-order valence-corrected chi connectivity index (χ3v) is 2.65. The van der Waals surface area contributed by atoms with Gasteiger partial charge in [-0.2, -0.15) is 26.3 Å². The van der Waals surface area contributed by atoms with Gasteiger partial charge in [0.25, 0.3) is 6.10 Å². The monoisotopic (exact) mass is 272 g/mol. The zero-order valence-corrected chi connectivity index (χ0v) is 9.39. The van der Waals surface area contributed by atoms with Crippen LogP contribution in [-0.4, -0.2) is 27.4 Å². The van der Waals surface area contributed by atoms with Crippen LogP contribution in [0.25, 0.3) is 0 Å². The van der Waals surface area contributed by atoms with E-state index in [0.717, 1.165) is 0 Å². The molecular formula is C7H10F6O2S. The van der Waals surface area contributed by atoms with Crippen LogP contribution in [0.3, 0.4) is 0 Å². The van der Waals surface area contributed by atoms with Crippen molar-refractivity contribution in [2.24, 2.45) is 0 Å². The molecule has 16 heavy (non-hydrogen) atoms. The molecule has 9 heteroatoms. The fraction of sp³-hybridized carbons (Fsp3) is 1.00. The van der Waals surface area contributed by atoms with Crippen LogP contribution in [0.1, 0.15) is 20.8 Å².